The van der Waals surface area contributed by atoms with E-state index in [1.54, 1.807) is 32.9 Å². The largest absolute Gasteiger partial charge is 0.396 e. The van der Waals surface area contributed by atoms with E-state index in [1.165, 1.54) is 0 Å². The van der Waals surface area contributed by atoms with E-state index < -0.39 is 29.6 Å². The lowest BCUT2D eigenvalue weighted by Gasteiger charge is -2.38. The standard InChI is InChI=1S/C34H39BrClN3O5/c1-4-17-37(23-14-8-6-9-15-23)31(41)26-27-32(42)39(19-10-7-11-20-40)30(34(27)21-24(35)29(26)44-34)33(43)38(18-5-2)28-22(3)13-12-16-25(28)36/h4-6,8-9,12-16,24,26-27,29-30,40H,1-2,7,10-11,17-21H2,3H3/t24?,26-,27+,29-,30?,34?/m1/s1. The number of unbranched alkanes of at least 4 members (excludes halogenated alkanes) is 2. The molecular weight excluding hydrogens is 646 g/mol. The van der Waals surface area contributed by atoms with Crippen LogP contribution in [0.15, 0.2) is 73.8 Å². The number of ether oxygens (including phenoxy) is 1. The predicted octanol–water partition coefficient (Wildman–Crippen LogP) is 5.30. The molecule has 3 fully saturated rings. The van der Waals surface area contributed by atoms with Crippen LogP contribution in [0, 0.1) is 18.8 Å². The summed E-state index contributed by atoms with van der Waals surface area (Å²) in [6, 6.07) is 13.8. The Morgan fingerprint density at radius 1 is 1.07 bits per heavy atom. The summed E-state index contributed by atoms with van der Waals surface area (Å²) in [5, 5.41) is 9.77. The number of para-hydroxylation sites is 2. The lowest BCUT2D eigenvalue weighted by molar-refractivity contribution is -0.140. The van der Waals surface area contributed by atoms with Crippen molar-refractivity contribution in [2.24, 2.45) is 11.8 Å². The third-order valence-corrected chi connectivity index (χ3v) is 10.2. The Morgan fingerprint density at radius 3 is 2.43 bits per heavy atom. The molecule has 8 nitrogen and oxygen atoms in total. The van der Waals surface area contributed by atoms with Crippen molar-refractivity contribution in [2.75, 3.05) is 36.0 Å². The molecule has 6 atom stereocenters. The quantitative estimate of drug-likeness (QED) is 0.176. The van der Waals surface area contributed by atoms with Gasteiger partial charge in [0.25, 0.3) is 5.91 Å². The Balaban J connectivity index is 1.59. The minimum Gasteiger partial charge on any atom is -0.396 e. The van der Waals surface area contributed by atoms with E-state index in [9.17, 15) is 19.5 Å². The molecule has 5 rings (SSSR count). The van der Waals surface area contributed by atoms with E-state index in [0.717, 1.165) is 5.56 Å². The highest BCUT2D eigenvalue weighted by atomic mass is 79.9. The summed E-state index contributed by atoms with van der Waals surface area (Å²) in [6.45, 7) is 10.4. The first-order valence-corrected chi connectivity index (χ1v) is 16.4. The summed E-state index contributed by atoms with van der Waals surface area (Å²) in [6.07, 6.45) is 4.98. The number of halogens is 2. The van der Waals surface area contributed by atoms with Crippen molar-refractivity contribution < 1.29 is 24.2 Å². The first-order chi connectivity index (χ1) is 21.2. The number of benzene rings is 2. The van der Waals surface area contributed by atoms with Crippen LogP contribution in [0.1, 0.15) is 31.2 Å². The van der Waals surface area contributed by atoms with Gasteiger partial charge >= 0.3 is 0 Å². The fraction of sp³-hybridized carbons (Fsp3) is 0.441. The van der Waals surface area contributed by atoms with Crippen LogP contribution in [0.25, 0.3) is 0 Å². The number of rotatable bonds is 13. The molecule has 3 heterocycles. The molecule has 3 aliphatic rings. The lowest BCUT2D eigenvalue weighted by atomic mass is 9.70. The zero-order valence-electron chi connectivity index (χ0n) is 24.9. The average Bonchev–Trinajstić information content (AvgIpc) is 3.60. The van der Waals surface area contributed by atoms with Gasteiger partial charge in [0.1, 0.15) is 11.6 Å². The van der Waals surface area contributed by atoms with Crippen LogP contribution >= 0.6 is 27.5 Å². The molecule has 2 aromatic rings. The van der Waals surface area contributed by atoms with Gasteiger partial charge in [-0.1, -0.05) is 70.0 Å². The first-order valence-electron chi connectivity index (χ1n) is 15.1. The summed E-state index contributed by atoms with van der Waals surface area (Å²) in [5.74, 6) is -2.45. The molecule has 1 spiro atoms. The number of fused-ring (bicyclic) bond motifs is 1. The van der Waals surface area contributed by atoms with E-state index in [2.05, 4.69) is 29.1 Å². The molecule has 0 aliphatic carbocycles. The number of amides is 3. The summed E-state index contributed by atoms with van der Waals surface area (Å²) in [5.41, 5.74) is 0.857. The van der Waals surface area contributed by atoms with Crippen molar-refractivity contribution >= 4 is 56.6 Å². The predicted molar refractivity (Wildman–Crippen MR) is 176 cm³/mol. The molecule has 3 unspecified atom stereocenters. The summed E-state index contributed by atoms with van der Waals surface area (Å²) in [4.78, 5) is 48.4. The Kier molecular flexibility index (Phi) is 9.99. The Bertz CT molecular complexity index is 1400. The van der Waals surface area contributed by atoms with Crippen LogP contribution < -0.4 is 9.80 Å². The number of aliphatic hydroxyl groups is 1. The van der Waals surface area contributed by atoms with Gasteiger partial charge < -0.3 is 24.5 Å². The first kappa shape index (κ1) is 32.4. The highest BCUT2D eigenvalue weighted by molar-refractivity contribution is 9.09. The lowest BCUT2D eigenvalue weighted by Crippen LogP contribution is -2.57. The summed E-state index contributed by atoms with van der Waals surface area (Å²) >= 11 is 10.4. The summed E-state index contributed by atoms with van der Waals surface area (Å²) in [7, 11) is 0. The third-order valence-electron chi connectivity index (χ3n) is 9.05. The number of hydrogen-bond acceptors (Lipinski definition) is 5. The number of carbonyl (C=O) groups is 3. The number of hydrogen-bond donors (Lipinski definition) is 1. The number of likely N-dealkylation sites (tertiary alicyclic amines) is 1. The van der Waals surface area contributed by atoms with E-state index in [0.29, 0.717) is 48.6 Å². The van der Waals surface area contributed by atoms with Crippen molar-refractivity contribution in [1.29, 1.82) is 0 Å². The molecule has 0 radical (unpaired) electrons. The fourth-order valence-electron chi connectivity index (χ4n) is 7.28. The van der Waals surface area contributed by atoms with Crippen molar-refractivity contribution in [3.05, 3.63) is 84.4 Å². The zero-order chi connectivity index (χ0) is 31.6. The van der Waals surface area contributed by atoms with Crippen LogP contribution in [0.4, 0.5) is 11.4 Å². The van der Waals surface area contributed by atoms with Crippen LogP contribution in [-0.2, 0) is 19.1 Å². The molecule has 234 valence electrons. The number of nitrogens with zero attached hydrogens (tertiary/aromatic N) is 3. The van der Waals surface area contributed by atoms with E-state index in [4.69, 9.17) is 16.3 Å². The van der Waals surface area contributed by atoms with Gasteiger partial charge in [-0.25, -0.2) is 0 Å². The minimum absolute atomic E-state index is 0.0486. The van der Waals surface area contributed by atoms with Crippen molar-refractivity contribution in [3.8, 4) is 0 Å². The van der Waals surface area contributed by atoms with Gasteiger partial charge in [0.05, 0.1) is 28.6 Å². The normalized spacial score (nSPS) is 26.9. The molecule has 44 heavy (non-hydrogen) atoms. The van der Waals surface area contributed by atoms with Gasteiger partial charge in [0, 0.05) is 36.8 Å². The molecule has 10 heteroatoms. The van der Waals surface area contributed by atoms with E-state index in [1.807, 2.05) is 49.4 Å². The van der Waals surface area contributed by atoms with Crippen molar-refractivity contribution in [3.63, 3.8) is 0 Å². The van der Waals surface area contributed by atoms with Crippen LogP contribution in [-0.4, -0.2) is 76.5 Å². The molecule has 0 aromatic heterocycles. The number of aryl methyl sites for hydroxylation is 1. The Labute approximate surface area is 272 Å². The molecule has 3 saturated heterocycles. The highest BCUT2D eigenvalue weighted by Gasteiger charge is 2.77. The molecular formula is C34H39BrClN3O5. The molecule has 0 saturated carbocycles. The SMILES string of the molecule is C=CCN(C(=O)[C@H]1[C@@H]2OC3(CC2Br)C(C(=O)N(CC=C)c2c(C)cccc2Cl)N(CCCCCO)C(=O)[C@H]13)c1ccccc1. The van der Waals surface area contributed by atoms with Crippen LogP contribution in [0.3, 0.4) is 0 Å². The highest BCUT2D eigenvalue weighted by Crippen LogP contribution is 2.60. The van der Waals surface area contributed by atoms with Crippen LogP contribution in [0.5, 0.6) is 0 Å². The summed E-state index contributed by atoms with van der Waals surface area (Å²) < 4.78 is 6.75. The molecule has 2 aromatic carbocycles. The maximum absolute atomic E-state index is 14.8. The molecule has 3 amide bonds. The zero-order valence-corrected chi connectivity index (χ0v) is 27.3. The monoisotopic (exact) mass is 683 g/mol. The number of alkyl halides is 1. The minimum atomic E-state index is -1.21. The van der Waals surface area contributed by atoms with Gasteiger partial charge in [-0.2, -0.15) is 0 Å². The topological polar surface area (TPSA) is 90.4 Å². The smallest absolute Gasteiger partial charge is 0.253 e. The fourth-order valence-corrected chi connectivity index (χ4v) is 8.54. The Morgan fingerprint density at radius 2 is 1.77 bits per heavy atom. The average molecular weight is 685 g/mol. The Hall–Kier alpha value is -2.98. The number of anilines is 2. The molecule has 2 bridgehead atoms. The van der Waals surface area contributed by atoms with Gasteiger partial charge in [-0.05, 0) is 56.4 Å². The maximum Gasteiger partial charge on any atom is 0.253 e. The third kappa shape index (κ3) is 5.53. The number of aliphatic hydroxyl groups excluding tert-OH is 1. The van der Waals surface area contributed by atoms with Crippen molar-refractivity contribution in [1.82, 2.24) is 4.90 Å². The second kappa shape index (κ2) is 13.6. The second-order valence-corrected chi connectivity index (χ2v) is 13.3. The van der Waals surface area contributed by atoms with Gasteiger partial charge in [-0.3, -0.25) is 14.4 Å². The maximum atomic E-state index is 14.8. The van der Waals surface area contributed by atoms with Crippen molar-refractivity contribution in [2.45, 2.75) is 55.2 Å². The molecule has 3 aliphatic heterocycles. The van der Waals surface area contributed by atoms with Gasteiger partial charge in [-0.15, -0.1) is 13.2 Å². The van der Waals surface area contributed by atoms with Gasteiger partial charge in [0.15, 0.2) is 0 Å². The molecule has 1 N–H and O–H groups in total. The van der Waals surface area contributed by atoms with Gasteiger partial charge in [0.2, 0.25) is 11.8 Å². The second-order valence-electron chi connectivity index (χ2n) is 11.7. The van der Waals surface area contributed by atoms with E-state index in [-0.39, 0.29) is 42.2 Å². The van der Waals surface area contributed by atoms with Crippen LogP contribution in [0.2, 0.25) is 5.02 Å². The van der Waals surface area contributed by atoms with E-state index >= 15 is 0 Å². The number of carbonyl (C=O) groups excluding carboxylic acids is 3.